The number of benzene rings is 3. The molecular weight excluding hydrogens is 415 g/mol. The van der Waals surface area contributed by atoms with Crippen LogP contribution in [0.5, 0.6) is 0 Å². The van der Waals surface area contributed by atoms with Crippen LogP contribution in [0.2, 0.25) is 0 Å². The summed E-state index contributed by atoms with van der Waals surface area (Å²) in [6.07, 6.45) is 0. The maximum Gasteiger partial charge on any atom is 0.0287 e. The van der Waals surface area contributed by atoms with Crippen molar-refractivity contribution in [3.63, 3.8) is 0 Å². The molecule has 0 aliphatic heterocycles. The summed E-state index contributed by atoms with van der Waals surface area (Å²) in [5.74, 6) is 0. The van der Waals surface area contributed by atoms with E-state index in [9.17, 15) is 0 Å². The minimum atomic E-state index is 0.114. The van der Waals surface area contributed by atoms with E-state index < -0.39 is 0 Å². The first-order chi connectivity index (χ1) is 11.8. The van der Waals surface area contributed by atoms with Crippen molar-refractivity contribution >= 4 is 22.6 Å². The van der Waals surface area contributed by atoms with Gasteiger partial charge in [0.1, 0.15) is 0 Å². The van der Waals surface area contributed by atoms with Gasteiger partial charge < -0.3 is 0 Å². The topological polar surface area (TPSA) is 0 Å². The smallest absolute Gasteiger partial charge is 0.0287 e. The minimum Gasteiger partial charge on any atom is -0.0587 e. The van der Waals surface area contributed by atoms with Crippen molar-refractivity contribution in [1.29, 1.82) is 0 Å². The van der Waals surface area contributed by atoms with Crippen LogP contribution in [0.4, 0.5) is 0 Å². The van der Waals surface area contributed by atoms with Gasteiger partial charge >= 0.3 is 0 Å². The van der Waals surface area contributed by atoms with Crippen molar-refractivity contribution in [1.82, 2.24) is 0 Å². The molecular formula is C24H25I. The van der Waals surface area contributed by atoms with Crippen molar-refractivity contribution in [2.45, 2.75) is 40.0 Å². The summed E-state index contributed by atoms with van der Waals surface area (Å²) in [6.45, 7) is 11.1. The van der Waals surface area contributed by atoms with Crippen LogP contribution in [0.15, 0.2) is 60.7 Å². The molecule has 3 aromatic rings. The second-order valence-corrected chi connectivity index (χ2v) is 8.95. The summed E-state index contributed by atoms with van der Waals surface area (Å²) in [4.78, 5) is 0. The van der Waals surface area contributed by atoms with Crippen molar-refractivity contribution in [3.05, 3.63) is 80.9 Å². The number of rotatable bonds is 2. The third-order valence-electron chi connectivity index (χ3n) is 4.66. The highest BCUT2D eigenvalue weighted by molar-refractivity contribution is 14.1. The Morgan fingerprint density at radius 2 is 1.00 bits per heavy atom. The highest BCUT2D eigenvalue weighted by Gasteiger charge is 2.19. The molecule has 1 heteroatoms. The Morgan fingerprint density at radius 1 is 0.640 bits per heavy atom. The molecule has 0 N–H and O–H groups in total. The first-order valence-electron chi connectivity index (χ1n) is 8.74. The zero-order valence-electron chi connectivity index (χ0n) is 15.7. The highest BCUT2D eigenvalue weighted by atomic mass is 127. The van der Waals surface area contributed by atoms with E-state index in [1.165, 1.54) is 42.5 Å². The average molecular weight is 440 g/mol. The van der Waals surface area contributed by atoms with Crippen LogP contribution in [-0.4, -0.2) is 0 Å². The molecule has 0 nitrogen and oxygen atoms in total. The van der Waals surface area contributed by atoms with Gasteiger partial charge in [0, 0.05) is 3.57 Å². The van der Waals surface area contributed by atoms with E-state index in [-0.39, 0.29) is 5.41 Å². The van der Waals surface area contributed by atoms with Gasteiger partial charge in [0.2, 0.25) is 0 Å². The average Bonchev–Trinajstić information content (AvgIpc) is 2.56. The molecule has 0 amide bonds. The molecule has 0 saturated heterocycles. The van der Waals surface area contributed by atoms with Crippen LogP contribution in [-0.2, 0) is 5.41 Å². The fourth-order valence-electron chi connectivity index (χ4n) is 2.94. The predicted molar refractivity (Wildman–Crippen MR) is 118 cm³/mol. The lowest BCUT2D eigenvalue weighted by Gasteiger charge is -2.23. The van der Waals surface area contributed by atoms with Crippen molar-refractivity contribution in [2.24, 2.45) is 0 Å². The van der Waals surface area contributed by atoms with E-state index in [1.54, 1.807) is 0 Å². The molecule has 0 bridgehead atoms. The molecule has 0 aromatic heterocycles. The zero-order chi connectivity index (χ0) is 18.2. The third kappa shape index (κ3) is 3.98. The van der Waals surface area contributed by atoms with Gasteiger partial charge in [-0.1, -0.05) is 80.4 Å². The first kappa shape index (κ1) is 18.2. The molecule has 25 heavy (non-hydrogen) atoms. The summed E-state index contributed by atoms with van der Waals surface area (Å²) in [5, 5.41) is 0. The Kier molecular flexibility index (Phi) is 5.06. The molecule has 0 unspecified atom stereocenters. The Labute approximate surface area is 165 Å². The minimum absolute atomic E-state index is 0.114. The second-order valence-electron chi connectivity index (χ2n) is 7.87. The van der Waals surface area contributed by atoms with E-state index in [0.29, 0.717) is 0 Å². The fraction of sp³-hybridized carbons (Fsp3) is 0.250. The maximum absolute atomic E-state index is 2.51. The van der Waals surface area contributed by atoms with Crippen LogP contribution >= 0.6 is 22.6 Å². The van der Waals surface area contributed by atoms with E-state index in [1.807, 2.05) is 0 Å². The van der Waals surface area contributed by atoms with E-state index >= 15 is 0 Å². The van der Waals surface area contributed by atoms with Gasteiger partial charge in [0.25, 0.3) is 0 Å². The molecule has 0 aliphatic rings. The Balaban J connectivity index is 2.26. The monoisotopic (exact) mass is 440 g/mol. The first-order valence-corrected chi connectivity index (χ1v) is 9.82. The maximum atomic E-state index is 2.51. The van der Waals surface area contributed by atoms with E-state index in [2.05, 4.69) is 118 Å². The largest absolute Gasteiger partial charge is 0.0587 e. The predicted octanol–water partition coefficient (Wildman–Crippen LogP) is 7.54. The summed E-state index contributed by atoms with van der Waals surface area (Å²) < 4.78 is 1.32. The molecule has 3 aromatic carbocycles. The normalized spacial score (nSPS) is 11.6. The molecule has 0 heterocycles. The van der Waals surface area contributed by atoms with Crippen molar-refractivity contribution in [3.8, 4) is 22.3 Å². The van der Waals surface area contributed by atoms with Gasteiger partial charge in [-0.3, -0.25) is 0 Å². The zero-order valence-corrected chi connectivity index (χ0v) is 17.8. The Morgan fingerprint density at radius 3 is 1.32 bits per heavy atom. The van der Waals surface area contributed by atoms with Crippen molar-refractivity contribution in [2.75, 3.05) is 0 Å². The summed E-state index contributed by atoms with van der Waals surface area (Å²) >= 11 is 2.51. The fourth-order valence-corrected chi connectivity index (χ4v) is 3.88. The number of hydrogen-bond donors (Lipinski definition) is 0. The molecule has 0 aliphatic carbocycles. The highest BCUT2D eigenvalue weighted by Crippen LogP contribution is 2.38. The standard InChI is InChI=1S/C24H25I/c1-16-6-10-18(11-7-16)21-14-20(24(3,4)5)15-22(23(21)25)19-12-8-17(2)9-13-19/h6-15H,1-5H3. The SMILES string of the molecule is Cc1ccc(-c2cc(C(C)(C)C)cc(-c3ccc(C)cc3)c2I)cc1. The van der Waals surface area contributed by atoms with E-state index in [0.717, 1.165) is 0 Å². The summed E-state index contributed by atoms with van der Waals surface area (Å²) in [5.41, 5.74) is 9.30. The van der Waals surface area contributed by atoms with Crippen LogP contribution < -0.4 is 0 Å². The Bertz CT molecular complexity index is 812. The van der Waals surface area contributed by atoms with Crippen LogP contribution in [0.1, 0.15) is 37.5 Å². The lowest BCUT2D eigenvalue weighted by Crippen LogP contribution is -2.12. The van der Waals surface area contributed by atoms with Crippen LogP contribution in [0.3, 0.4) is 0 Å². The number of hydrogen-bond acceptors (Lipinski definition) is 0. The lowest BCUT2D eigenvalue weighted by atomic mass is 9.83. The molecule has 0 spiro atoms. The van der Waals surface area contributed by atoms with Crippen LogP contribution in [0, 0.1) is 17.4 Å². The van der Waals surface area contributed by atoms with Gasteiger partial charge in [-0.2, -0.15) is 0 Å². The van der Waals surface area contributed by atoms with Gasteiger partial charge in [0.05, 0.1) is 0 Å². The molecule has 3 rings (SSSR count). The molecule has 128 valence electrons. The van der Waals surface area contributed by atoms with Gasteiger partial charge in [-0.25, -0.2) is 0 Å². The Hall–Kier alpha value is -1.61. The van der Waals surface area contributed by atoms with Crippen molar-refractivity contribution < 1.29 is 0 Å². The summed E-state index contributed by atoms with van der Waals surface area (Å²) in [6, 6.07) is 22.4. The van der Waals surface area contributed by atoms with E-state index in [4.69, 9.17) is 0 Å². The molecule has 0 saturated carbocycles. The third-order valence-corrected chi connectivity index (χ3v) is 5.83. The van der Waals surface area contributed by atoms with Gasteiger partial charge in [-0.05, 0) is 81.8 Å². The van der Waals surface area contributed by atoms with Gasteiger partial charge in [0.15, 0.2) is 0 Å². The van der Waals surface area contributed by atoms with Gasteiger partial charge in [-0.15, -0.1) is 0 Å². The molecule has 0 fully saturated rings. The molecule has 0 atom stereocenters. The lowest BCUT2D eigenvalue weighted by molar-refractivity contribution is 0.590. The van der Waals surface area contributed by atoms with Crippen LogP contribution in [0.25, 0.3) is 22.3 Å². The quantitative estimate of drug-likeness (QED) is 0.361. The number of halogens is 1. The number of aryl methyl sites for hydroxylation is 2. The second kappa shape index (κ2) is 6.95. The molecule has 0 radical (unpaired) electrons. The summed E-state index contributed by atoms with van der Waals surface area (Å²) in [7, 11) is 0.